The molecule has 226 valence electrons. The Morgan fingerprint density at radius 1 is 1.07 bits per heavy atom. The summed E-state index contributed by atoms with van der Waals surface area (Å²) >= 11 is 12.8. The van der Waals surface area contributed by atoms with Crippen molar-refractivity contribution < 1.29 is 35.7 Å². The van der Waals surface area contributed by atoms with Crippen LogP contribution >= 0.6 is 23.2 Å². The lowest BCUT2D eigenvalue weighted by atomic mass is 9.89. The van der Waals surface area contributed by atoms with Crippen LogP contribution in [-0.4, -0.2) is 59.5 Å². The number of benzene rings is 2. The first-order valence-corrected chi connectivity index (χ1v) is 15.9. The number of aliphatic hydroxyl groups is 1. The summed E-state index contributed by atoms with van der Waals surface area (Å²) in [6, 6.07) is 10.6. The van der Waals surface area contributed by atoms with Gasteiger partial charge in [-0.1, -0.05) is 36.0 Å². The number of halogens is 5. The average Bonchev–Trinajstić information content (AvgIpc) is 3.21. The lowest BCUT2D eigenvalue weighted by Gasteiger charge is -2.40. The van der Waals surface area contributed by atoms with E-state index in [0.29, 0.717) is 57.5 Å². The summed E-state index contributed by atoms with van der Waals surface area (Å²) in [4.78, 5) is 15.7. The second-order valence-corrected chi connectivity index (χ2v) is 13.2. The predicted molar refractivity (Wildman–Crippen MR) is 154 cm³/mol. The van der Waals surface area contributed by atoms with Crippen LogP contribution < -0.4 is 4.18 Å². The minimum atomic E-state index is -4.63. The number of fused-ring (bicyclic) bond motifs is 1. The summed E-state index contributed by atoms with van der Waals surface area (Å²) in [6.07, 6.45) is -3.00. The molecule has 0 saturated heterocycles. The van der Waals surface area contributed by atoms with E-state index < -0.39 is 34.6 Å². The molecule has 0 bridgehead atoms. The van der Waals surface area contributed by atoms with Crippen LogP contribution in [0, 0.1) is 6.92 Å². The van der Waals surface area contributed by atoms with Crippen molar-refractivity contribution in [3.8, 4) is 22.7 Å². The number of hydrogen-bond donors (Lipinski definition) is 1. The maximum absolute atomic E-state index is 14.0. The number of carbonyl (C=O) groups excluding carboxylic acids is 1. The molecule has 13 heteroatoms. The zero-order valence-electron chi connectivity index (χ0n) is 22.6. The average molecular weight is 646 g/mol. The van der Waals surface area contributed by atoms with Gasteiger partial charge >= 0.3 is 16.3 Å². The Bertz CT molecular complexity index is 1610. The van der Waals surface area contributed by atoms with Crippen molar-refractivity contribution in [2.24, 2.45) is 0 Å². The van der Waals surface area contributed by atoms with Crippen molar-refractivity contribution in [3.63, 3.8) is 0 Å². The minimum Gasteiger partial charge on any atom is -0.391 e. The molecule has 0 radical (unpaired) electrons. The third-order valence-corrected chi connectivity index (χ3v) is 9.50. The van der Waals surface area contributed by atoms with Crippen LogP contribution in [0.5, 0.6) is 5.75 Å². The molecule has 1 amide bonds. The van der Waals surface area contributed by atoms with Crippen LogP contribution in [0.1, 0.15) is 53.7 Å². The maximum atomic E-state index is 14.0. The maximum Gasteiger partial charge on any atom is 0.390 e. The Morgan fingerprint density at radius 3 is 2.40 bits per heavy atom. The quantitative estimate of drug-likeness (QED) is 0.288. The fraction of sp³-hybridized carbons (Fsp3) is 0.414. The van der Waals surface area contributed by atoms with Crippen LogP contribution in [0.15, 0.2) is 42.5 Å². The summed E-state index contributed by atoms with van der Waals surface area (Å²) < 4.78 is 68.6. The summed E-state index contributed by atoms with van der Waals surface area (Å²) in [6.45, 7) is 2.24. The topological polar surface area (TPSA) is 88.8 Å². The van der Waals surface area contributed by atoms with Crippen LogP contribution in [0.2, 0.25) is 10.0 Å². The fourth-order valence-corrected chi connectivity index (χ4v) is 7.35. The van der Waals surface area contributed by atoms with Crippen molar-refractivity contribution in [2.45, 2.75) is 63.8 Å². The molecule has 42 heavy (non-hydrogen) atoms. The van der Waals surface area contributed by atoms with Crippen molar-refractivity contribution in [1.82, 2.24) is 9.47 Å². The van der Waals surface area contributed by atoms with Crippen molar-refractivity contribution in [2.75, 3.05) is 12.3 Å². The SMILES string of the molecule is Cc1c2c(n(-c3ccc(Cl)cc3Cl)c1-c1ccc(OS(=O)(=O)CCC(F)(F)F)cc1)CCN(C1CCCCC1O)C2=O. The molecule has 5 rings (SSSR count). The van der Waals surface area contributed by atoms with Crippen molar-refractivity contribution >= 4 is 39.2 Å². The highest BCUT2D eigenvalue weighted by Gasteiger charge is 2.39. The van der Waals surface area contributed by atoms with Gasteiger partial charge in [0.15, 0.2) is 0 Å². The third kappa shape index (κ3) is 6.29. The van der Waals surface area contributed by atoms with Gasteiger partial charge in [0.2, 0.25) is 0 Å². The second-order valence-electron chi connectivity index (χ2n) is 10.6. The largest absolute Gasteiger partial charge is 0.391 e. The summed E-state index contributed by atoms with van der Waals surface area (Å²) in [5.74, 6) is -1.52. The van der Waals surface area contributed by atoms with E-state index >= 15 is 0 Å². The zero-order chi connectivity index (χ0) is 30.4. The number of hydrogen-bond acceptors (Lipinski definition) is 5. The van der Waals surface area contributed by atoms with Gasteiger partial charge in [-0.3, -0.25) is 4.79 Å². The first-order chi connectivity index (χ1) is 19.8. The number of amides is 1. The van der Waals surface area contributed by atoms with E-state index in [1.54, 1.807) is 35.2 Å². The second kappa shape index (κ2) is 11.7. The number of nitrogens with zero attached hydrogens (tertiary/aromatic N) is 2. The molecule has 2 aliphatic rings. The lowest BCUT2D eigenvalue weighted by molar-refractivity contribution is -0.130. The third-order valence-electron chi connectivity index (χ3n) is 7.81. The van der Waals surface area contributed by atoms with E-state index in [2.05, 4.69) is 0 Å². The van der Waals surface area contributed by atoms with E-state index in [4.69, 9.17) is 27.4 Å². The van der Waals surface area contributed by atoms with Gasteiger partial charge in [-0.05, 0) is 73.4 Å². The van der Waals surface area contributed by atoms with E-state index in [1.165, 1.54) is 12.1 Å². The first-order valence-electron chi connectivity index (χ1n) is 13.5. The molecule has 0 spiro atoms. The molecule has 2 heterocycles. The molecule has 3 aromatic rings. The van der Waals surface area contributed by atoms with Gasteiger partial charge < -0.3 is 18.8 Å². The standard InChI is InChI=1S/C29H29Cl2F3N2O5S/c1-17-26-24(12-14-35(28(26)38)23-4-2-3-5-25(23)37)36(22-11-8-19(30)16-21(22)31)27(17)18-6-9-20(10-7-18)41-42(39,40)15-13-29(32,33)34/h6-11,16,23,25,37H,2-5,12-15H2,1H3. The van der Waals surface area contributed by atoms with E-state index in [9.17, 15) is 31.5 Å². The number of carbonyl (C=O) groups is 1. The Morgan fingerprint density at radius 2 is 1.76 bits per heavy atom. The molecular weight excluding hydrogens is 616 g/mol. The molecule has 1 aliphatic carbocycles. The molecule has 1 aromatic heterocycles. The first kappa shape index (κ1) is 30.7. The molecule has 1 N–H and O–H groups in total. The Labute approximate surface area is 251 Å². The van der Waals surface area contributed by atoms with Gasteiger partial charge in [0.05, 0.1) is 46.3 Å². The van der Waals surface area contributed by atoms with Crippen molar-refractivity contribution in [1.29, 1.82) is 0 Å². The van der Waals surface area contributed by atoms with Crippen LogP contribution in [0.4, 0.5) is 13.2 Å². The van der Waals surface area contributed by atoms with Crippen molar-refractivity contribution in [3.05, 3.63) is 69.3 Å². The molecule has 7 nitrogen and oxygen atoms in total. The van der Waals surface area contributed by atoms with Crippen LogP contribution in [0.25, 0.3) is 16.9 Å². The van der Waals surface area contributed by atoms with Crippen LogP contribution in [0.3, 0.4) is 0 Å². The molecule has 2 atom stereocenters. The Kier molecular flexibility index (Phi) is 8.59. The molecular formula is C29H29Cl2F3N2O5S. The summed E-state index contributed by atoms with van der Waals surface area (Å²) in [5.41, 5.74) is 3.75. The number of aromatic nitrogens is 1. The molecule has 1 aliphatic heterocycles. The normalized spacial score (nSPS) is 19.6. The minimum absolute atomic E-state index is 0.139. The van der Waals surface area contributed by atoms with Crippen LogP contribution in [-0.2, 0) is 16.5 Å². The van der Waals surface area contributed by atoms with E-state index in [-0.39, 0.29) is 17.7 Å². The molecule has 1 fully saturated rings. The van der Waals surface area contributed by atoms with E-state index in [0.717, 1.165) is 25.0 Å². The van der Waals surface area contributed by atoms with Gasteiger partial charge in [0.1, 0.15) is 5.75 Å². The zero-order valence-corrected chi connectivity index (χ0v) is 25.0. The number of aliphatic hydroxyl groups excluding tert-OH is 1. The molecule has 2 aromatic carbocycles. The Hall–Kier alpha value is -2.73. The van der Waals surface area contributed by atoms with Gasteiger partial charge in [-0.15, -0.1) is 0 Å². The highest BCUT2D eigenvalue weighted by atomic mass is 35.5. The van der Waals surface area contributed by atoms with Gasteiger partial charge in [-0.2, -0.15) is 21.6 Å². The summed E-state index contributed by atoms with van der Waals surface area (Å²) in [5, 5.41) is 11.5. The monoisotopic (exact) mass is 644 g/mol. The smallest absolute Gasteiger partial charge is 0.390 e. The number of alkyl halides is 3. The Balaban J connectivity index is 1.56. The fourth-order valence-electron chi connectivity index (χ4n) is 5.88. The van der Waals surface area contributed by atoms with E-state index in [1.807, 2.05) is 11.5 Å². The van der Waals surface area contributed by atoms with Gasteiger partial charge in [-0.25, -0.2) is 0 Å². The van der Waals surface area contributed by atoms with Gasteiger partial charge in [0.25, 0.3) is 5.91 Å². The lowest BCUT2D eigenvalue weighted by Crippen LogP contribution is -2.51. The molecule has 1 saturated carbocycles. The predicted octanol–water partition coefficient (Wildman–Crippen LogP) is 6.72. The summed E-state index contributed by atoms with van der Waals surface area (Å²) in [7, 11) is -4.47. The number of rotatable bonds is 7. The highest BCUT2D eigenvalue weighted by Crippen LogP contribution is 2.41. The van der Waals surface area contributed by atoms with Gasteiger partial charge in [0, 0.05) is 23.7 Å². The molecule has 2 unspecified atom stereocenters. The highest BCUT2D eigenvalue weighted by molar-refractivity contribution is 7.87.